The highest BCUT2D eigenvalue weighted by molar-refractivity contribution is 9.10. The number of rotatable bonds is 4. The van der Waals surface area contributed by atoms with Gasteiger partial charge >= 0.3 is 0 Å². The van der Waals surface area contributed by atoms with Crippen LogP contribution in [0.25, 0.3) is 11.1 Å². The molecule has 24 heavy (non-hydrogen) atoms. The predicted octanol–water partition coefficient (Wildman–Crippen LogP) is 5.41. The summed E-state index contributed by atoms with van der Waals surface area (Å²) in [5.41, 5.74) is 2.99. The largest absolute Gasteiger partial charge is 0.358 e. The monoisotopic (exact) mass is 419 g/mol. The second-order valence-electron chi connectivity index (χ2n) is 5.76. The fourth-order valence-electron chi connectivity index (χ4n) is 2.69. The van der Waals surface area contributed by atoms with E-state index >= 15 is 0 Å². The van der Waals surface area contributed by atoms with Gasteiger partial charge in [0.15, 0.2) is 5.78 Å². The molecule has 0 amide bonds. The molecule has 3 rings (SSSR count). The molecule has 1 fully saturated rings. The lowest BCUT2D eigenvalue weighted by molar-refractivity contribution is 0.102. The van der Waals surface area contributed by atoms with Crippen LogP contribution in [-0.2, 0) is 0 Å². The van der Waals surface area contributed by atoms with Gasteiger partial charge in [0.25, 0.3) is 0 Å². The van der Waals surface area contributed by atoms with E-state index in [0.29, 0.717) is 5.75 Å². The Morgan fingerprint density at radius 2 is 1.54 bits per heavy atom. The normalized spacial score (nSPS) is 14.0. The van der Waals surface area contributed by atoms with E-state index < -0.39 is 0 Å². The molecule has 2 nitrogen and oxygen atoms in total. The number of carbonyl (C=O) groups excluding carboxylic acids is 1. The molecule has 1 aliphatic heterocycles. The SMILES string of the molecule is O=C(CSC(=S)N1CCCC1)c1ccc(-c2ccc(Br)cc2)cc1. The lowest BCUT2D eigenvalue weighted by Gasteiger charge is -2.17. The van der Waals surface area contributed by atoms with E-state index in [4.69, 9.17) is 12.2 Å². The van der Waals surface area contributed by atoms with Crippen LogP contribution in [0.1, 0.15) is 23.2 Å². The maximum Gasteiger partial charge on any atom is 0.173 e. The van der Waals surface area contributed by atoms with Crippen LogP contribution in [0, 0.1) is 0 Å². The quantitative estimate of drug-likeness (QED) is 0.487. The zero-order chi connectivity index (χ0) is 16.9. The number of Topliss-reactive ketones (excluding diaryl/α,β-unsaturated/α-hetero) is 1. The summed E-state index contributed by atoms with van der Waals surface area (Å²) in [4.78, 5) is 14.5. The van der Waals surface area contributed by atoms with E-state index in [-0.39, 0.29) is 5.78 Å². The van der Waals surface area contributed by atoms with Crippen molar-refractivity contribution in [3.8, 4) is 11.1 Å². The van der Waals surface area contributed by atoms with Gasteiger partial charge in [0, 0.05) is 23.1 Å². The summed E-state index contributed by atoms with van der Waals surface area (Å²) < 4.78 is 1.91. The average molecular weight is 420 g/mol. The van der Waals surface area contributed by atoms with Crippen LogP contribution in [0.3, 0.4) is 0 Å². The molecule has 2 aromatic carbocycles. The lowest BCUT2D eigenvalue weighted by atomic mass is 10.0. The van der Waals surface area contributed by atoms with E-state index in [1.165, 1.54) is 24.6 Å². The van der Waals surface area contributed by atoms with Crippen LogP contribution < -0.4 is 0 Å². The number of benzene rings is 2. The van der Waals surface area contributed by atoms with E-state index in [2.05, 4.69) is 33.0 Å². The summed E-state index contributed by atoms with van der Waals surface area (Å²) in [6.45, 7) is 2.06. The van der Waals surface area contributed by atoms with Gasteiger partial charge in [-0.3, -0.25) is 4.79 Å². The fourth-order valence-corrected chi connectivity index (χ4v) is 4.10. The maximum atomic E-state index is 12.4. The minimum Gasteiger partial charge on any atom is -0.358 e. The molecule has 0 atom stereocenters. The van der Waals surface area contributed by atoms with Gasteiger partial charge in [-0.1, -0.05) is 76.3 Å². The molecule has 5 heteroatoms. The van der Waals surface area contributed by atoms with Gasteiger partial charge in [-0.25, -0.2) is 0 Å². The standard InChI is InChI=1S/C19H18BrNOS2/c20-17-9-7-15(8-10-17)14-3-5-16(6-4-14)18(22)13-24-19(23)21-11-1-2-12-21/h3-10H,1-2,11-13H2. The van der Waals surface area contributed by atoms with Crippen molar-refractivity contribution >= 4 is 50.0 Å². The third kappa shape index (κ3) is 4.47. The number of halogens is 1. The van der Waals surface area contributed by atoms with Crippen LogP contribution in [0.5, 0.6) is 0 Å². The van der Waals surface area contributed by atoms with E-state index in [9.17, 15) is 4.79 Å². The second kappa shape index (κ2) is 8.28. The zero-order valence-corrected chi connectivity index (χ0v) is 16.4. The Labute approximate surface area is 160 Å². The van der Waals surface area contributed by atoms with Crippen molar-refractivity contribution in [1.29, 1.82) is 0 Å². The lowest BCUT2D eigenvalue weighted by Crippen LogP contribution is -2.24. The average Bonchev–Trinajstić information content (AvgIpc) is 3.15. The molecular weight excluding hydrogens is 402 g/mol. The van der Waals surface area contributed by atoms with Gasteiger partial charge in [-0.2, -0.15) is 0 Å². The maximum absolute atomic E-state index is 12.4. The summed E-state index contributed by atoms with van der Waals surface area (Å²) in [5, 5.41) is 0. The molecule has 0 radical (unpaired) electrons. The van der Waals surface area contributed by atoms with Gasteiger partial charge in [0.2, 0.25) is 0 Å². The van der Waals surface area contributed by atoms with Crippen LogP contribution in [-0.4, -0.2) is 33.8 Å². The minimum absolute atomic E-state index is 0.129. The highest BCUT2D eigenvalue weighted by Gasteiger charge is 2.16. The first kappa shape index (κ1) is 17.6. The highest BCUT2D eigenvalue weighted by Crippen LogP contribution is 2.23. The molecule has 0 unspecified atom stereocenters. The number of hydrogen-bond donors (Lipinski definition) is 0. The third-order valence-electron chi connectivity index (χ3n) is 4.08. The van der Waals surface area contributed by atoms with Crippen molar-refractivity contribution in [3.63, 3.8) is 0 Å². The number of likely N-dealkylation sites (tertiary alicyclic amines) is 1. The molecule has 2 aromatic rings. The molecule has 0 bridgehead atoms. The minimum atomic E-state index is 0.129. The Kier molecular flexibility index (Phi) is 6.09. The number of nitrogens with zero attached hydrogens (tertiary/aromatic N) is 1. The Hall–Kier alpha value is -1.17. The van der Waals surface area contributed by atoms with Crippen molar-refractivity contribution in [1.82, 2.24) is 4.90 Å². The molecular formula is C19H18BrNOS2. The summed E-state index contributed by atoms with van der Waals surface area (Å²) in [7, 11) is 0. The van der Waals surface area contributed by atoms with Crippen molar-refractivity contribution < 1.29 is 4.79 Å². The first-order valence-corrected chi connectivity index (χ1v) is 10.1. The summed E-state index contributed by atoms with van der Waals surface area (Å²) in [5.74, 6) is 0.538. The Bertz CT molecular complexity index is 722. The third-order valence-corrected chi connectivity index (χ3v) is 6.13. The number of thioether (sulfide) groups is 1. The number of carbonyl (C=O) groups is 1. The molecule has 1 heterocycles. The molecule has 1 aliphatic rings. The smallest absolute Gasteiger partial charge is 0.173 e. The number of ketones is 1. The summed E-state index contributed by atoms with van der Waals surface area (Å²) >= 11 is 10.3. The Balaban J connectivity index is 1.59. The molecule has 0 aliphatic carbocycles. The first-order valence-electron chi connectivity index (χ1n) is 7.94. The van der Waals surface area contributed by atoms with Crippen molar-refractivity contribution in [2.75, 3.05) is 18.8 Å². The number of thiocarbonyl (C=S) groups is 1. The van der Waals surface area contributed by atoms with Gasteiger partial charge < -0.3 is 4.90 Å². The van der Waals surface area contributed by atoms with Gasteiger partial charge in [-0.15, -0.1) is 0 Å². The molecule has 1 saturated heterocycles. The van der Waals surface area contributed by atoms with Crippen LogP contribution >= 0.6 is 39.9 Å². The van der Waals surface area contributed by atoms with Crippen LogP contribution in [0.2, 0.25) is 0 Å². The fraction of sp³-hybridized carbons (Fsp3) is 0.263. The molecule has 0 aromatic heterocycles. The summed E-state index contributed by atoms with van der Waals surface area (Å²) in [6.07, 6.45) is 2.40. The second-order valence-corrected chi connectivity index (χ2v) is 8.28. The predicted molar refractivity (Wildman–Crippen MR) is 110 cm³/mol. The van der Waals surface area contributed by atoms with Crippen molar-refractivity contribution in [2.45, 2.75) is 12.8 Å². The molecule has 0 saturated carbocycles. The van der Waals surface area contributed by atoms with Gasteiger partial charge in [0.1, 0.15) is 4.32 Å². The van der Waals surface area contributed by atoms with Crippen LogP contribution in [0.15, 0.2) is 53.0 Å². The number of hydrogen-bond acceptors (Lipinski definition) is 3. The molecule has 124 valence electrons. The zero-order valence-electron chi connectivity index (χ0n) is 13.2. The molecule has 0 spiro atoms. The van der Waals surface area contributed by atoms with E-state index in [1.807, 2.05) is 36.4 Å². The Morgan fingerprint density at radius 1 is 1.00 bits per heavy atom. The summed E-state index contributed by atoms with van der Waals surface area (Å²) in [6, 6.07) is 16.0. The van der Waals surface area contributed by atoms with Crippen molar-refractivity contribution in [3.05, 3.63) is 58.6 Å². The van der Waals surface area contributed by atoms with Crippen molar-refractivity contribution in [2.24, 2.45) is 0 Å². The van der Waals surface area contributed by atoms with Gasteiger partial charge in [-0.05, 0) is 36.1 Å². The van der Waals surface area contributed by atoms with Crippen LogP contribution in [0.4, 0.5) is 0 Å². The molecule has 0 N–H and O–H groups in total. The Morgan fingerprint density at radius 3 is 2.12 bits per heavy atom. The first-order chi connectivity index (χ1) is 11.6. The topological polar surface area (TPSA) is 20.3 Å². The highest BCUT2D eigenvalue weighted by atomic mass is 79.9. The van der Waals surface area contributed by atoms with E-state index in [0.717, 1.165) is 38.6 Å². The van der Waals surface area contributed by atoms with E-state index in [1.54, 1.807) is 0 Å². The van der Waals surface area contributed by atoms with Gasteiger partial charge in [0.05, 0.1) is 5.75 Å².